The standard InChI is InChI=1S/C22H31N5O.HI/c1-3-17-8-7-9-18(14-17)25-21(28)15-24-22(23-4-2)26-19-12-13-27(16-19)20-10-5-6-11-20;/h1,7-9,14,19-20H,4-6,10-13,15-16H2,2H3,(H,25,28)(H2,23,24,26);1H. The van der Waals surface area contributed by atoms with E-state index >= 15 is 0 Å². The lowest BCUT2D eigenvalue weighted by Crippen LogP contribution is -2.45. The van der Waals surface area contributed by atoms with Gasteiger partial charge in [-0.25, -0.2) is 4.99 Å². The van der Waals surface area contributed by atoms with E-state index in [0.29, 0.717) is 17.7 Å². The molecule has 6 nitrogen and oxygen atoms in total. The first kappa shape index (κ1) is 23.5. The van der Waals surface area contributed by atoms with Crippen LogP contribution in [-0.4, -0.2) is 55.0 Å². The third-order valence-electron chi connectivity index (χ3n) is 5.44. The first-order chi connectivity index (χ1) is 13.7. The summed E-state index contributed by atoms with van der Waals surface area (Å²) in [5.74, 6) is 3.11. The van der Waals surface area contributed by atoms with Crippen LogP contribution in [0.4, 0.5) is 5.69 Å². The van der Waals surface area contributed by atoms with E-state index in [4.69, 9.17) is 6.42 Å². The van der Waals surface area contributed by atoms with Gasteiger partial charge < -0.3 is 16.0 Å². The first-order valence-electron chi connectivity index (χ1n) is 10.3. The van der Waals surface area contributed by atoms with Crippen LogP contribution in [0.5, 0.6) is 0 Å². The van der Waals surface area contributed by atoms with Crippen LogP contribution >= 0.6 is 24.0 Å². The highest BCUT2D eigenvalue weighted by molar-refractivity contribution is 14.0. The van der Waals surface area contributed by atoms with Gasteiger partial charge in [0.25, 0.3) is 0 Å². The van der Waals surface area contributed by atoms with E-state index < -0.39 is 0 Å². The van der Waals surface area contributed by atoms with Crippen molar-refractivity contribution in [2.75, 3.05) is 31.5 Å². The zero-order valence-corrected chi connectivity index (χ0v) is 19.4. The Bertz CT molecular complexity index is 739. The van der Waals surface area contributed by atoms with Crippen molar-refractivity contribution in [3.8, 4) is 12.3 Å². The molecule has 1 atom stereocenters. The Morgan fingerprint density at radius 3 is 2.83 bits per heavy atom. The lowest BCUT2D eigenvalue weighted by Gasteiger charge is -2.24. The summed E-state index contributed by atoms with van der Waals surface area (Å²) >= 11 is 0. The molecule has 1 unspecified atom stereocenters. The molecule has 3 N–H and O–H groups in total. The van der Waals surface area contributed by atoms with Gasteiger partial charge in [-0.1, -0.05) is 24.8 Å². The third kappa shape index (κ3) is 7.19. The molecule has 1 aromatic carbocycles. The third-order valence-corrected chi connectivity index (χ3v) is 5.44. The van der Waals surface area contributed by atoms with Crippen LogP contribution in [0.25, 0.3) is 0 Å². The van der Waals surface area contributed by atoms with Crippen LogP contribution < -0.4 is 16.0 Å². The number of anilines is 1. The molecule has 7 heteroatoms. The van der Waals surface area contributed by atoms with Crippen LogP contribution in [0.15, 0.2) is 29.3 Å². The molecule has 0 radical (unpaired) electrons. The van der Waals surface area contributed by atoms with Gasteiger partial charge in [-0.15, -0.1) is 30.4 Å². The number of nitrogens with one attached hydrogen (secondary N) is 3. The second-order valence-electron chi connectivity index (χ2n) is 7.53. The summed E-state index contributed by atoms with van der Waals surface area (Å²) in [6.45, 7) is 5.06. The van der Waals surface area contributed by atoms with Gasteiger partial charge >= 0.3 is 0 Å². The molecule has 0 aromatic heterocycles. The minimum absolute atomic E-state index is 0. The number of likely N-dealkylation sites (tertiary alicyclic amines) is 1. The average Bonchev–Trinajstić information content (AvgIpc) is 3.38. The quantitative estimate of drug-likeness (QED) is 0.239. The monoisotopic (exact) mass is 509 g/mol. The summed E-state index contributed by atoms with van der Waals surface area (Å²) in [5.41, 5.74) is 1.43. The van der Waals surface area contributed by atoms with E-state index in [1.807, 2.05) is 25.1 Å². The number of nitrogens with zero attached hydrogens (tertiary/aromatic N) is 2. The van der Waals surface area contributed by atoms with Gasteiger partial charge in [-0.2, -0.15) is 0 Å². The number of guanidine groups is 1. The molecule has 2 fully saturated rings. The molecule has 2 aliphatic rings. The molecule has 1 saturated heterocycles. The lowest BCUT2D eigenvalue weighted by atomic mass is 10.2. The van der Waals surface area contributed by atoms with Gasteiger partial charge in [0.05, 0.1) is 0 Å². The Hall–Kier alpha value is -1.79. The lowest BCUT2D eigenvalue weighted by molar-refractivity contribution is -0.114. The van der Waals surface area contributed by atoms with Gasteiger partial charge in [0.15, 0.2) is 5.96 Å². The second kappa shape index (κ2) is 12.0. The Balaban J connectivity index is 0.00000300. The smallest absolute Gasteiger partial charge is 0.246 e. The van der Waals surface area contributed by atoms with E-state index in [1.165, 1.54) is 25.7 Å². The minimum Gasteiger partial charge on any atom is -0.357 e. The number of halogens is 1. The molecule has 0 spiro atoms. The number of aliphatic imine (C=N–C) groups is 1. The Morgan fingerprint density at radius 2 is 2.10 bits per heavy atom. The van der Waals surface area contributed by atoms with E-state index in [2.05, 4.69) is 31.8 Å². The van der Waals surface area contributed by atoms with Gasteiger partial charge in [0.2, 0.25) is 5.91 Å². The van der Waals surface area contributed by atoms with E-state index in [-0.39, 0.29) is 36.4 Å². The Morgan fingerprint density at radius 1 is 1.31 bits per heavy atom. The molecular formula is C22H32IN5O. The van der Waals surface area contributed by atoms with Crippen molar-refractivity contribution in [3.05, 3.63) is 29.8 Å². The Kier molecular flexibility index (Phi) is 9.74. The normalized spacial score (nSPS) is 20.0. The van der Waals surface area contributed by atoms with E-state index in [0.717, 1.165) is 37.7 Å². The molecule has 1 aliphatic carbocycles. The van der Waals surface area contributed by atoms with E-state index in [9.17, 15) is 4.79 Å². The van der Waals surface area contributed by atoms with Crippen LogP contribution in [0, 0.1) is 12.3 Å². The highest BCUT2D eigenvalue weighted by Crippen LogP contribution is 2.26. The number of carbonyl (C=O) groups is 1. The van der Waals surface area contributed by atoms with Crippen LogP contribution in [-0.2, 0) is 4.79 Å². The van der Waals surface area contributed by atoms with Crippen molar-refractivity contribution in [3.63, 3.8) is 0 Å². The Labute approximate surface area is 191 Å². The van der Waals surface area contributed by atoms with Gasteiger partial charge in [0.1, 0.15) is 6.54 Å². The maximum Gasteiger partial charge on any atom is 0.246 e. The summed E-state index contributed by atoms with van der Waals surface area (Å²) in [7, 11) is 0. The molecular weight excluding hydrogens is 477 g/mol. The zero-order valence-electron chi connectivity index (χ0n) is 17.1. The number of terminal acetylenes is 1. The SMILES string of the molecule is C#Cc1cccc(NC(=O)CN=C(NCC)NC2CCN(C3CCCC3)C2)c1.I. The second-order valence-corrected chi connectivity index (χ2v) is 7.53. The number of hydrogen-bond donors (Lipinski definition) is 3. The first-order valence-corrected chi connectivity index (χ1v) is 10.3. The highest BCUT2D eigenvalue weighted by Gasteiger charge is 2.30. The number of benzene rings is 1. The molecule has 1 aromatic rings. The maximum atomic E-state index is 12.3. The highest BCUT2D eigenvalue weighted by atomic mass is 127. The summed E-state index contributed by atoms with van der Waals surface area (Å²) < 4.78 is 0. The number of rotatable bonds is 6. The van der Waals surface area contributed by atoms with Gasteiger partial charge in [-0.05, 0) is 44.4 Å². The summed E-state index contributed by atoms with van der Waals surface area (Å²) in [6, 6.07) is 8.40. The van der Waals surface area contributed by atoms with Crippen molar-refractivity contribution in [1.29, 1.82) is 0 Å². The van der Waals surface area contributed by atoms with E-state index in [1.54, 1.807) is 6.07 Å². The fourth-order valence-corrected chi connectivity index (χ4v) is 4.06. The minimum atomic E-state index is -0.162. The number of amides is 1. The number of carbonyl (C=O) groups excluding carboxylic acids is 1. The predicted molar refractivity (Wildman–Crippen MR) is 130 cm³/mol. The molecule has 1 amide bonds. The number of hydrogen-bond acceptors (Lipinski definition) is 3. The van der Waals surface area contributed by atoms with Gasteiger partial charge in [0, 0.05) is 43.0 Å². The van der Waals surface area contributed by atoms with Gasteiger partial charge in [-0.3, -0.25) is 9.69 Å². The molecule has 158 valence electrons. The average molecular weight is 509 g/mol. The van der Waals surface area contributed by atoms with Crippen LogP contribution in [0.3, 0.4) is 0 Å². The van der Waals surface area contributed by atoms with Crippen LogP contribution in [0.2, 0.25) is 0 Å². The molecule has 1 heterocycles. The summed E-state index contributed by atoms with van der Waals surface area (Å²) in [6.07, 6.45) is 11.9. The fourth-order valence-electron chi connectivity index (χ4n) is 4.06. The topological polar surface area (TPSA) is 68.8 Å². The fraction of sp³-hybridized carbons (Fsp3) is 0.545. The predicted octanol–water partition coefficient (Wildman–Crippen LogP) is 2.80. The molecule has 1 aliphatic heterocycles. The summed E-state index contributed by atoms with van der Waals surface area (Å²) in [4.78, 5) is 19.3. The largest absolute Gasteiger partial charge is 0.357 e. The maximum absolute atomic E-state index is 12.3. The molecule has 1 saturated carbocycles. The molecule has 3 rings (SSSR count). The van der Waals surface area contributed by atoms with Crippen LogP contribution in [0.1, 0.15) is 44.6 Å². The molecule has 0 bridgehead atoms. The van der Waals surface area contributed by atoms with Crippen molar-refractivity contribution in [2.24, 2.45) is 4.99 Å². The zero-order chi connectivity index (χ0) is 19.8. The molecule has 29 heavy (non-hydrogen) atoms. The van der Waals surface area contributed by atoms with Crippen molar-refractivity contribution < 1.29 is 4.79 Å². The van der Waals surface area contributed by atoms with Crippen molar-refractivity contribution in [2.45, 2.75) is 51.1 Å². The van der Waals surface area contributed by atoms with Crippen molar-refractivity contribution >= 4 is 41.5 Å². The summed E-state index contributed by atoms with van der Waals surface area (Å²) in [5, 5.41) is 9.59. The van der Waals surface area contributed by atoms with Crippen molar-refractivity contribution in [1.82, 2.24) is 15.5 Å².